The summed E-state index contributed by atoms with van der Waals surface area (Å²) in [5.74, 6) is 1.73. The van der Waals surface area contributed by atoms with Gasteiger partial charge >= 0.3 is 0 Å². The molecule has 4 heteroatoms. The topological polar surface area (TPSA) is 51.8 Å². The van der Waals surface area contributed by atoms with E-state index in [9.17, 15) is 0 Å². The number of hydrogen-bond donors (Lipinski definition) is 0. The number of aromatic nitrogens is 3. The highest BCUT2D eigenvalue weighted by molar-refractivity contribution is 6.17. The van der Waals surface area contributed by atoms with E-state index in [1.54, 1.807) is 0 Å². The van der Waals surface area contributed by atoms with Crippen LogP contribution in [0.1, 0.15) is 0 Å². The maximum Gasteiger partial charge on any atom is 0.167 e. The second kappa shape index (κ2) is 14.1. The summed E-state index contributed by atoms with van der Waals surface area (Å²) in [5.41, 5.74) is 8.75. The third kappa shape index (κ3) is 5.66. The molecule has 292 valence electrons. The summed E-state index contributed by atoms with van der Waals surface area (Å²) in [6, 6.07) is 75.3. The highest BCUT2D eigenvalue weighted by Gasteiger charge is 2.23. The van der Waals surface area contributed by atoms with Gasteiger partial charge in [0.2, 0.25) is 0 Å². The first-order chi connectivity index (χ1) is 31.2. The molecule has 0 N–H and O–H groups in total. The van der Waals surface area contributed by atoms with E-state index in [1.807, 2.05) is 18.2 Å². The number of benzene rings is 11. The average molecular weight is 802 g/mol. The second-order valence-electron chi connectivity index (χ2n) is 16.3. The zero-order chi connectivity index (χ0) is 41.4. The Hall–Kier alpha value is -8.47. The van der Waals surface area contributed by atoms with Crippen molar-refractivity contribution >= 4 is 75.8 Å². The average Bonchev–Trinajstić information content (AvgIpc) is 3.74. The number of hydrogen-bond acceptors (Lipinski definition) is 4. The summed E-state index contributed by atoms with van der Waals surface area (Å²) >= 11 is 0. The molecule has 0 unspecified atom stereocenters. The van der Waals surface area contributed by atoms with E-state index in [-0.39, 0.29) is 0 Å². The van der Waals surface area contributed by atoms with Crippen molar-refractivity contribution in [3.8, 4) is 56.4 Å². The predicted octanol–water partition coefficient (Wildman–Crippen LogP) is 15.9. The first kappa shape index (κ1) is 35.3. The Bertz CT molecular complexity index is 4000. The molecule has 0 atom stereocenters. The van der Waals surface area contributed by atoms with Gasteiger partial charge in [0.1, 0.15) is 11.2 Å². The van der Waals surface area contributed by atoms with Crippen LogP contribution in [-0.2, 0) is 0 Å². The molecule has 0 saturated carbocycles. The lowest BCUT2D eigenvalue weighted by Crippen LogP contribution is -2.02. The highest BCUT2D eigenvalue weighted by atomic mass is 16.3. The van der Waals surface area contributed by atoms with E-state index < -0.39 is 0 Å². The van der Waals surface area contributed by atoms with Crippen molar-refractivity contribution in [1.29, 1.82) is 0 Å². The van der Waals surface area contributed by atoms with Crippen molar-refractivity contribution in [3.63, 3.8) is 0 Å². The van der Waals surface area contributed by atoms with Crippen molar-refractivity contribution < 1.29 is 4.42 Å². The van der Waals surface area contributed by atoms with Gasteiger partial charge in [-0.05, 0) is 106 Å². The van der Waals surface area contributed by atoms with Gasteiger partial charge < -0.3 is 4.42 Å². The maximum absolute atomic E-state index is 6.65. The van der Waals surface area contributed by atoms with Gasteiger partial charge in [-0.2, -0.15) is 0 Å². The van der Waals surface area contributed by atoms with Gasteiger partial charge in [-0.3, -0.25) is 0 Å². The second-order valence-corrected chi connectivity index (χ2v) is 16.3. The Labute approximate surface area is 362 Å². The fourth-order valence-electron chi connectivity index (χ4n) is 9.77. The van der Waals surface area contributed by atoms with Crippen LogP contribution in [0.5, 0.6) is 0 Å². The normalized spacial score (nSPS) is 11.8. The molecule has 0 saturated heterocycles. The van der Waals surface area contributed by atoms with E-state index >= 15 is 0 Å². The van der Waals surface area contributed by atoms with E-state index in [0.717, 1.165) is 82.4 Å². The first-order valence-electron chi connectivity index (χ1n) is 21.3. The molecule has 0 spiro atoms. The molecule has 63 heavy (non-hydrogen) atoms. The van der Waals surface area contributed by atoms with Crippen molar-refractivity contribution in [2.24, 2.45) is 0 Å². The molecule has 13 aromatic rings. The summed E-state index contributed by atoms with van der Waals surface area (Å²) in [6.07, 6.45) is 0. The fraction of sp³-hybridized carbons (Fsp3) is 0. The molecule has 11 aromatic carbocycles. The first-order valence-corrected chi connectivity index (χ1v) is 21.3. The molecule has 0 bridgehead atoms. The van der Waals surface area contributed by atoms with Gasteiger partial charge in [-0.25, -0.2) is 15.0 Å². The molecular formula is C59H35N3O. The van der Waals surface area contributed by atoms with E-state index in [2.05, 4.69) is 194 Å². The Morgan fingerprint density at radius 3 is 1.62 bits per heavy atom. The minimum Gasteiger partial charge on any atom is -0.455 e. The molecule has 0 aliphatic heterocycles. The molecule has 13 rings (SSSR count). The van der Waals surface area contributed by atoms with Crippen LogP contribution in [0.15, 0.2) is 217 Å². The minimum absolute atomic E-state index is 0.546. The minimum atomic E-state index is 0.546. The molecule has 4 nitrogen and oxygen atoms in total. The van der Waals surface area contributed by atoms with Gasteiger partial charge in [0.15, 0.2) is 17.5 Å². The van der Waals surface area contributed by atoms with Gasteiger partial charge in [-0.1, -0.05) is 182 Å². The van der Waals surface area contributed by atoms with Crippen LogP contribution < -0.4 is 0 Å². The molecule has 0 aliphatic carbocycles. The van der Waals surface area contributed by atoms with Crippen LogP contribution in [-0.4, -0.2) is 15.0 Å². The zero-order valence-electron chi connectivity index (χ0n) is 34.0. The summed E-state index contributed by atoms with van der Waals surface area (Å²) in [5, 5.41) is 13.6. The van der Waals surface area contributed by atoms with Gasteiger partial charge in [0.05, 0.1) is 5.56 Å². The van der Waals surface area contributed by atoms with Crippen molar-refractivity contribution in [2.75, 3.05) is 0 Å². The molecular weight excluding hydrogens is 767 g/mol. The number of furan rings is 1. The monoisotopic (exact) mass is 801 g/mol. The van der Waals surface area contributed by atoms with Crippen LogP contribution in [0, 0.1) is 0 Å². The van der Waals surface area contributed by atoms with E-state index in [0.29, 0.717) is 17.5 Å². The lowest BCUT2D eigenvalue weighted by atomic mass is 9.88. The van der Waals surface area contributed by atoms with Crippen molar-refractivity contribution in [3.05, 3.63) is 212 Å². The standard InChI is InChI=1S/C59H35N3O/c1-2-16-38-34-40(29-28-36(38)14-1)42-32-33-51(46-22-9-7-21-45(42)46)57-60-58(52-26-13-25-50-48-24-11-12-27-54(48)63-56(50)52)62-59(61-57)55-43-19-6-3-15-37(43)30-31-49(55)53-35-39-17-4-5-18-41(39)44-20-8-10-23-47(44)53/h1-35H. The smallest absolute Gasteiger partial charge is 0.167 e. The van der Waals surface area contributed by atoms with E-state index in [1.165, 1.54) is 32.3 Å². The molecule has 0 fully saturated rings. The van der Waals surface area contributed by atoms with Crippen molar-refractivity contribution in [1.82, 2.24) is 15.0 Å². The summed E-state index contributed by atoms with van der Waals surface area (Å²) in [7, 11) is 0. The zero-order valence-corrected chi connectivity index (χ0v) is 34.0. The maximum atomic E-state index is 6.65. The number of fused-ring (bicyclic) bond motifs is 9. The fourth-order valence-corrected chi connectivity index (χ4v) is 9.77. The van der Waals surface area contributed by atoms with Gasteiger partial charge in [0, 0.05) is 21.9 Å². The summed E-state index contributed by atoms with van der Waals surface area (Å²) in [4.78, 5) is 16.4. The third-order valence-electron chi connectivity index (χ3n) is 12.7. The Morgan fingerprint density at radius 2 is 0.810 bits per heavy atom. The van der Waals surface area contributed by atoms with E-state index in [4.69, 9.17) is 19.4 Å². The molecule has 2 aromatic heterocycles. The Morgan fingerprint density at radius 1 is 0.270 bits per heavy atom. The summed E-state index contributed by atoms with van der Waals surface area (Å²) < 4.78 is 6.65. The Balaban J connectivity index is 1.12. The Kier molecular flexibility index (Phi) is 7.87. The van der Waals surface area contributed by atoms with Crippen molar-refractivity contribution in [2.45, 2.75) is 0 Å². The number of para-hydroxylation sites is 2. The predicted molar refractivity (Wildman–Crippen MR) is 262 cm³/mol. The largest absolute Gasteiger partial charge is 0.455 e. The molecule has 0 radical (unpaired) electrons. The van der Waals surface area contributed by atoms with Crippen LogP contribution in [0.25, 0.3) is 132 Å². The summed E-state index contributed by atoms with van der Waals surface area (Å²) in [6.45, 7) is 0. The molecule has 2 heterocycles. The van der Waals surface area contributed by atoms with Crippen LogP contribution >= 0.6 is 0 Å². The number of nitrogens with zero attached hydrogens (tertiary/aromatic N) is 3. The number of rotatable bonds is 5. The third-order valence-corrected chi connectivity index (χ3v) is 12.7. The molecule has 0 aliphatic rings. The van der Waals surface area contributed by atoms with Gasteiger partial charge in [0.25, 0.3) is 0 Å². The van der Waals surface area contributed by atoms with Gasteiger partial charge in [-0.15, -0.1) is 0 Å². The highest BCUT2D eigenvalue weighted by Crippen LogP contribution is 2.44. The molecule has 0 amide bonds. The lowest BCUT2D eigenvalue weighted by Gasteiger charge is -2.18. The van der Waals surface area contributed by atoms with Crippen LogP contribution in [0.4, 0.5) is 0 Å². The lowest BCUT2D eigenvalue weighted by molar-refractivity contribution is 0.669. The van der Waals surface area contributed by atoms with Crippen LogP contribution in [0.3, 0.4) is 0 Å². The SMILES string of the molecule is c1ccc2cc(-c3ccc(-c4nc(-c5c(-c6cc7ccccc7c7ccccc67)ccc6ccccc56)nc(-c5cccc6c5oc5ccccc56)n4)c4ccccc34)ccc2c1. The van der Waals surface area contributed by atoms with Crippen LogP contribution in [0.2, 0.25) is 0 Å². The quantitative estimate of drug-likeness (QED) is 0.163.